The number of carbonyl (C=O) groups is 1. The van der Waals surface area contributed by atoms with Crippen molar-refractivity contribution in [3.8, 4) is 10.6 Å². The fourth-order valence-corrected chi connectivity index (χ4v) is 4.21. The Morgan fingerprint density at radius 3 is 2.80 bits per heavy atom. The average Bonchev–Trinajstić information content (AvgIpc) is 3.17. The van der Waals surface area contributed by atoms with Crippen LogP contribution < -0.4 is 0 Å². The molecule has 1 aliphatic rings. The second-order valence-corrected chi connectivity index (χ2v) is 6.90. The highest BCUT2D eigenvalue weighted by atomic mass is 32.1. The molecule has 0 bridgehead atoms. The average molecular weight is 306 g/mol. The van der Waals surface area contributed by atoms with Crippen LogP contribution in [0.5, 0.6) is 0 Å². The van der Waals surface area contributed by atoms with E-state index in [1.807, 2.05) is 28.8 Å². The van der Waals surface area contributed by atoms with Gasteiger partial charge in [-0.05, 0) is 24.3 Å². The van der Waals surface area contributed by atoms with Gasteiger partial charge >= 0.3 is 0 Å². The Balaban J connectivity index is 1.73. The second-order valence-electron chi connectivity index (χ2n) is 5.26. The fraction of sp³-hybridized carbons (Fsp3) is 0.467. The van der Waals surface area contributed by atoms with E-state index in [1.165, 1.54) is 19.3 Å². The molecule has 5 heteroatoms. The number of aromatic nitrogens is 1. The van der Waals surface area contributed by atoms with Crippen molar-refractivity contribution in [2.45, 2.75) is 38.1 Å². The van der Waals surface area contributed by atoms with Gasteiger partial charge in [-0.25, -0.2) is 4.98 Å². The minimum absolute atomic E-state index is 0.0645. The first-order valence-electron chi connectivity index (χ1n) is 7.01. The highest BCUT2D eigenvalue weighted by molar-refractivity contribution is 7.14. The molecule has 0 radical (unpaired) electrons. The molecule has 0 aromatic carbocycles. The molecule has 106 valence electrons. The monoisotopic (exact) mass is 306 g/mol. The van der Waals surface area contributed by atoms with E-state index in [-0.39, 0.29) is 5.91 Å². The molecule has 0 aliphatic heterocycles. The molecule has 1 aliphatic carbocycles. The zero-order chi connectivity index (χ0) is 13.9. The molecule has 0 N–H and O–H groups in total. The van der Waals surface area contributed by atoms with Crippen LogP contribution >= 0.6 is 22.7 Å². The number of thiophene rings is 1. The lowest BCUT2D eigenvalue weighted by Crippen LogP contribution is -2.38. The number of carbonyl (C=O) groups excluding carboxylic acids is 1. The lowest BCUT2D eigenvalue weighted by molar-refractivity contribution is 0.0691. The molecule has 1 fully saturated rings. The predicted molar refractivity (Wildman–Crippen MR) is 84.4 cm³/mol. The Labute approximate surface area is 127 Å². The van der Waals surface area contributed by atoms with Crippen molar-refractivity contribution in [3.63, 3.8) is 0 Å². The summed E-state index contributed by atoms with van der Waals surface area (Å²) >= 11 is 3.20. The number of thiazole rings is 1. The van der Waals surface area contributed by atoms with Gasteiger partial charge < -0.3 is 4.90 Å². The summed E-state index contributed by atoms with van der Waals surface area (Å²) in [6.45, 7) is 0. The van der Waals surface area contributed by atoms with E-state index < -0.39 is 0 Å². The van der Waals surface area contributed by atoms with Crippen LogP contribution in [0.4, 0.5) is 0 Å². The zero-order valence-corrected chi connectivity index (χ0v) is 13.2. The van der Waals surface area contributed by atoms with Crippen molar-refractivity contribution >= 4 is 28.6 Å². The molecule has 0 spiro atoms. The van der Waals surface area contributed by atoms with Crippen molar-refractivity contribution in [3.05, 3.63) is 27.9 Å². The number of rotatable bonds is 3. The third-order valence-corrected chi connectivity index (χ3v) is 5.51. The zero-order valence-electron chi connectivity index (χ0n) is 11.5. The normalized spacial score (nSPS) is 16.2. The van der Waals surface area contributed by atoms with Crippen molar-refractivity contribution < 1.29 is 4.79 Å². The topological polar surface area (TPSA) is 33.2 Å². The molecule has 2 aromatic rings. The van der Waals surface area contributed by atoms with E-state index in [1.54, 1.807) is 22.7 Å². The van der Waals surface area contributed by atoms with Crippen LogP contribution in [-0.4, -0.2) is 28.9 Å². The third-order valence-electron chi connectivity index (χ3n) is 3.93. The maximum absolute atomic E-state index is 12.5. The Hall–Kier alpha value is -1.20. The van der Waals surface area contributed by atoms with Crippen molar-refractivity contribution in [2.75, 3.05) is 7.05 Å². The maximum atomic E-state index is 12.5. The van der Waals surface area contributed by atoms with Crippen molar-refractivity contribution in [1.29, 1.82) is 0 Å². The Kier molecular flexibility index (Phi) is 4.17. The van der Waals surface area contributed by atoms with Gasteiger partial charge in [0.2, 0.25) is 0 Å². The van der Waals surface area contributed by atoms with Crippen molar-refractivity contribution in [2.24, 2.45) is 0 Å². The number of hydrogen-bond acceptors (Lipinski definition) is 4. The third kappa shape index (κ3) is 2.79. The lowest BCUT2D eigenvalue weighted by atomic mass is 9.94. The van der Waals surface area contributed by atoms with Gasteiger partial charge in [0.1, 0.15) is 10.7 Å². The van der Waals surface area contributed by atoms with E-state index >= 15 is 0 Å². The molecule has 3 nitrogen and oxygen atoms in total. The van der Waals surface area contributed by atoms with Crippen LogP contribution in [0, 0.1) is 0 Å². The van der Waals surface area contributed by atoms with Gasteiger partial charge in [-0.1, -0.05) is 19.3 Å². The van der Waals surface area contributed by atoms with Gasteiger partial charge in [-0.15, -0.1) is 11.3 Å². The molecule has 1 saturated carbocycles. The maximum Gasteiger partial charge on any atom is 0.273 e. The van der Waals surface area contributed by atoms with Gasteiger partial charge in [0.25, 0.3) is 5.91 Å². The van der Waals surface area contributed by atoms with Crippen molar-refractivity contribution in [1.82, 2.24) is 9.88 Å². The molecule has 3 rings (SSSR count). The van der Waals surface area contributed by atoms with Crippen LogP contribution in [0.1, 0.15) is 42.6 Å². The largest absolute Gasteiger partial charge is 0.337 e. The summed E-state index contributed by atoms with van der Waals surface area (Å²) < 4.78 is 0. The molecule has 2 aromatic heterocycles. The highest BCUT2D eigenvalue weighted by Gasteiger charge is 2.24. The molecule has 0 unspecified atom stereocenters. The first-order valence-corrected chi connectivity index (χ1v) is 8.83. The summed E-state index contributed by atoms with van der Waals surface area (Å²) in [5, 5.41) is 6.92. The van der Waals surface area contributed by atoms with Gasteiger partial charge in [-0.3, -0.25) is 4.79 Å². The molecular weight excluding hydrogens is 288 g/mol. The Morgan fingerprint density at radius 2 is 2.10 bits per heavy atom. The standard InChI is InChI=1S/C15H18N2OS2/c1-17(12-5-3-2-4-6-12)15(18)13-10-20-14(16-13)11-7-8-19-9-11/h7-10,12H,2-6H2,1H3. The van der Waals surface area contributed by atoms with E-state index in [4.69, 9.17) is 0 Å². The number of amides is 1. The van der Waals surface area contributed by atoms with Gasteiger partial charge in [0.15, 0.2) is 0 Å². The summed E-state index contributed by atoms with van der Waals surface area (Å²) in [5.41, 5.74) is 1.70. The highest BCUT2D eigenvalue weighted by Crippen LogP contribution is 2.27. The van der Waals surface area contributed by atoms with E-state index in [0.717, 1.165) is 23.4 Å². The van der Waals surface area contributed by atoms with Gasteiger partial charge in [-0.2, -0.15) is 11.3 Å². The molecular formula is C15H18N2OS2. The van der Waals surface area contributed by atoms with Gasteiger partial charge in [0, 0.05) is 29.4 Å². The van der Waals surface area contributed by atoms with Crippen LogP contribution in [-0.2, 0) is 0 Å². The number of nitrogens with zero attached hydrogens (tertiary/aromatic N) is 2. The Morgan fingerprint density at radius 1 is 1.30 bits per heavy atom. The van der Waals surface area contributed by atoms with Crippen LogP contribution in [0.3, 0.4) is 0 Å². The molecule has 0 saturated heterocycles. The van der Waals surface area contributed by atoms with Crippen LogP contribution in [0.2, 0.25) is 0 Å². The van der Waals surface area contributed by atoms with E-state index in [2.05, 4.69) is 10.4 Å². The molecule has 20 heavy (non-hydrogen) atoms. The minimum Gasteiger partial charge on any atom is -0.337 e. The number of hydrogen-bond donors (Lipinski definition) is 0. The Bertz CT molecular complexity index is 570. The minimum atomic E-state index is 0.0645. The summed E-state index contributed by atoms with van der Waals surface area (Å²) in [5.74, 6) is 0.0645. The summed E-state index contributed by atoms with van der Waals surface area (Å²) in [6.07, 6.45) is 6.03. The molecule has 0 atom stereocenters. The summed E-state index contributed by atoms with van der Waals surface area (Å²) in [4.78, 5) is 18.9. The lowest BCUT2D eigenvalue weighted by Gasteiger charge is -2.30. The SMILES string of the molecule is CN(C(=O)c1csc(-c2ccsc2)n1)C1CCCCC1. The molecule has 1 amide bonds. The molecule has 2 heterocycles. The van der Waals surface area contributed by atoms with Crippen LogP contribution in [0.25, 0.3) is 10.6 Å². The first-order chi connectivity index (χ1) is 9.75. The first kappa shape index (κ1) is 13.8. The predicted octanol–water partition coefficient (Wildman–Crippen LogP) is 4.28. The summed E-state index contributed by atoms with van der Waals surface area (Å²) in [7, 11) is 1.92. The van der Waals surface area contributed by atoms with Gasteiger partial charge in [0.05, 0.1) is 0 Å². The van der Waals surface area contributed by atoms with Crippen LogP contribution in [0.15, 0.2) is 22.2 Å². The quantitative estimate of drug-likeness (QED) is 0.848. The smallest absolute Gasteiger partial charge is 0.273 e. The second kappa shape index (κ2) is 6.06. The summed E-state index contributed by atoms with van der Waals surface area (Å²) in [6, 6.07) is 2.44. The van der Waals surface area contributed by atoms with E-state index in [0.29, 0.717) is 11.7 Å². The fourth-order valence-electron chi connectivity index (χ4n) is 2.71. The van der Waals surface area contributed by atoms with E-state index in [9.17, 15) is 4.79 Å².